The summed E-state index contributed by atoms with van der Waals surface area (Å²) >= 11 is 1.81. The average Bonchev–Trinajstić information content (AvgIpc) is 3.13. The summed E-state index contributed by atoms with van der Waals surface area (Å²) < 4.78 is 0. The first kappa shape index (κ1) is 17.3. The molecule has 1 aliphatic rings. The molecule has 4 rings (SSSR count). The van der Waals surface area contributed by atoms with E-state index in [0.29, 0.717) is 0 Å². The Morgan fingerprint density at radius 3 is 2.65 bits per heavy atom. The Bertz CT molecular complexity index is 879. The van der Waals surface area contributed by atoms with Crippen molar-refractivity contribution in [3.05, 3.63) is 59.2 Å². The van der Waals surface area contributed by atoms with Crippen molar-refractivity contribution in [1.29, 1.82) is 0 Å². The van der Waals surface area contributed by atoms with Crippen molar-refractivity contribution in [3.8, 4) is 0 Å². The van der Waals surface area contributed by atoms with E-state index in [1.807, 2.05) is 0 Å². The number of nitrogens with zero attached hydrogens (tertiary/aromatic N) is 2. The Labute approximate surface area is 158 Å². The predicted octanol–water partition coefficient (Wildman–Crippen LogP) is 1.38. The monoisotopic (exact) mass is 366 g/mol. The first-order chi connectivity index (χ1) is 12.8. The molecule has 3 aromatic rings. The van der Waals surface area contributed by atoms with Gasteiger partial charge in [-0.05, 0) is 24.1 Å². The van der Waals surface area contributed by atoms with E-state index in [4.69, 9.17) is 0 Å². The van der Waals surface area contributed by atoms with Gasteiger partial charge in [0.05, 0.1) is 11.9 Å². The second-order valence-corrected chi connectivity index (χ2v) is 7.99. The molecule has 0 unspecified atom stereocenters. The van der Waals surface area contributed by atoms with Crippen LogP contribution in [-0.4, -0.2) is 42.7 Å². The van der Waals surface area contributed by atoms with Crippen LogP contribution in [-0.2, 0) is 6.42 Å². The molecule has 26 heavy (non-hydrogen) atoms. The molecule has 1 saturated heterocycles. The van der Waals surface area contributed by atoms with Gasteiger partial charge in [0.15, 0.2) is 0 Å². The molecule has 1 fully saturated rings. The molecule has 0 amide bonds. The maximum absolute atomic E-state index is 4.64. The van der Waals surface area contributed by atoms with Crippen molar-refractivity contribution >= 4 is 33.4 Å². The fourth-order valence-electron chi connectivity index (χ4n) is 3.63. The Morgan fingerprint density at radius 2 is 1.88 bits per heavy atom. The van der Waals surface area contributed by atoms with Gasteiger partial charge in [0.1, 0.15) is 37.3 Å². The average molecular weight is 367 g/mol. The number of rotatable bonds is 5. The Balaban J connectivity index is 1.38. The van der Waals surface area contributed by atoms with Crippen LogP contribution in [0.5, 0.6) is 0 Å². The molecular formula is C21H26N4S+2. The minimum Gasteiger partial charge on any atom is -0.322 e. The third kappa shape index (κ3) is 3.85. The lowest BCUT2D eigenvalue weighted by molar-refractivity contribution is -0.983. The van der Waals surface area contributed by atoms with E-state index in [1.54, 1.807) is 22.6 Å². The molecule has 3 heterocycles. The third-order valence-corrected chi connectivity index (χ3v) is 6.33. The highest BCUT2D eigenvalue weighted by Crippen LogP contribution is 2.26. The van der Waals surface area contributed by atoms with E-state index in [1.165, 1.54) is 39.6 Å². The minimum atomic E-state index is 1.07. The smallest absolute Gasteiger partial charge is 0.238 e. The number of aromatic nitrogens is 2. The summed E-state index contributed by atoms with van der Waals surface area (Å²) in [4.78, 5) is 14.8. The molecule has 2 N–H and O–H groups in total. The molecule has 1 aliphatic heterocycles. The quantitative estimate of drug-likeness (QED) is 0.716. The van der Waals surface area contributed by atoms with Crippen LogP contribution in [0.1, 0.15) is 17.4 Å². The van der Waals surface area contributed by atoms with E-state index in [0.717, 1.165) is 30.9 Å². The third-order valence-electron chi connectivity index (χ3n) is 5.14. The van der Waals surface area contributed by atoms with Crippen molar-refractivity contribution < 1.29 is 9.80 Å². The van der Waals surface area contributed by atoms with Gasteiger partial charge in [-0.1, -0.05) is 43.3 Å². The van der Waals surface area contributed by atoms with Gasteiger partial charge in [-0.25, -0.2) is 4.98 Å². The van der Waals surface area contributed by atoms with Crippen molar-refractivity contribution in [1.82, 2.24) is 9.97 Å². The molecule has 0 radical (unpaired) electrons. The van der Waals surface area contributed by atoms with Crippen LogP contribution in [0.3, 0.4) is 0 Å². The molecule has 0 atom stereocenters. The highest BCUT2D eigenvalue weighted by molar-refractivity contribution is 7.18. The molecule has 2 aromatic heterocycles. The molecule has 0 spiro atoms. The Hall–Kier alpha value is -2.08. The van der Waals surface area contributed by atoms with Crippen molar-refractivity contribution in [2.45, 2.75) is 13.3 Å². The highest BCUT2D eigenvalue weighted by atomic mass is 32.1. The number of hydrogen-bond acceptors (Lipinski definition) is 3. The molecule has 0 aliphatic carbocycles. The molecule has 0 saturated carbocycles. The van der Waals surface area contributed by atoms with Gasteiger partial charge in [0.25, 0.3) is 0 Å². The lowest BCUT2D eigenvalue weighted by Gasteiger charge is -2.28. The molecular weight excluding hydrogens is 340 g/mol. The summed E-state index contributed by atoms with van der Waals surface area (Å²) in [6, 6.07) is 12.8. The number of thiophene rings is 1. The van der Waals surface area contributed by atoms with E-state index in [9.17, 15) is 0 Å². The van der Waals surface area contributed by atoms with Crippen molar-refractivity contribution in [2.24, 2.45) is 0 Å². The van der Waals surface area contributed by atoms with Crippen LogP contribution in [0.15, 0.2) is 48.8 Å². The summed E-state index contributed by atoms with van der Waals surface area (Å²) in [6.07, 6.45) is 7.35. The van der Waals surface area contributed by atoms with Crippen LogP contribution in [0, 0.1) is 0 Å². The van der Waals surface area contributed by atoms with Gasteiger partial charge >= 0.3 is 0 Å². The standard InChI is InChI=1S/C21H24N4S/c1-2-18-15-19-20(22-16-23-21(19)26-18)25-13-11-24(12-14-25)10-6-9-17-7-4-3-5-8-17/h3-9,15-16H,2,10-14H2,1H3/p+2. The largest absolute Gasteiger partial charge is 0.322 e. The Kier molecular flexibility index (Phi) is 5.39. The minimum absolute atomic E-state index is 1.07. The highest BCUT2D eigenvalue weighted by Gasteiger charge is 2.27. The number of piperazine rings is 1. The zero-order chi connectivity index (χ0) is 17.8. The van der Waals surface area contributed by atoms with Gasteiger partial charge in [0, 0.05) is 4.88 Å². The van der Waals surface area contributed by atoms with Gasteiger partial charge in [-0.15, -0.1) is 11.3 Å². The van der Waals surface area contributed by atoms with Crippen molar-refractivity contribution in [3.63, 3.8) is 0 Å². The van der Waals surface area contributed by atoms with Crippen molar-refractivity contribution in [2.75, 3.05) is 32.7 Å². The Morgan fingerprint density at radius 1 is 1.08 bits per heavy atom. The van der Waals surface area contributed by atoms with Gasteiger partial charge in [-0.3, -0.25) is 4.90 Å². The van der Waals surface area contributed by atoms with Gasteiger partial charge < -0.3 is 4.90 Å². The molecule has 134 valence electrons. The number of benzene rings is 1. The zero-order valence-corrected chi connectivity index (χ0v) is 16.1. The summed E-state index contributed by atoms with van der Waals surface area (Å²) in [7, 11) is 0. The lowest BCUT2D eigenvalue weighted by atomic mass is 10.2. The molecule has 0 bridgehead atoms. The molecule has 1 aromatic carbocycles. The number of aryl methyl sites for hydroxylation is 1. The molecule has 5 heteroatoms. The normalized spacial score (nSPS) is 20.8. The second kappa shape index (κ2) is 8.08. The topological polar surface area (TPSA) is 34.7 Å². The molecule has 4 nitrogen and oxygen atoms in total. The van der Waals surface area contributed by atoms with E-state index >= 15 is 0 Å². The predicted molar refractivity (Wildman–Crippen MR) is 108 cm³/mol. The van der Waals surface area contributed by atoms with Crippen LogP contribution in [0.4, 0.5) is 5.82 Å². The van der Waals surface area contributed by atoms with Crippen LogP contribution in [0.25, 0.3) is 16.3 Å². The first-order valence-corrected chi connectivity index (χ1v) is 10.3. The van der Waals surface area contributed by atoms with Gasteiger partial charge in [0.2, 0.25) is 5.82 Å². The first-order valence-electron chi connectivity index (χ1n) is 9.47. The number of fused-ring (bicyclic) bond motifs is 1. The lowest BCUT2D eigenvalue weighted by Crippen LogP contribution is -3.26. The number of quaternary nitrogens is 2. The second-order valence-electron chi connectivity index (χ2n) is 6.88. The zero-order valence-electron chi connectivity index (χ0n) is 15.2. The van der Waals surface area contributed by atoms with Crippen LogP contribution in [0.2, 0.25) is 0 Å². The number of hydrogen-bond donors (Lipinski definition) is 2. The van der Waals surface area contributed by atoms with Crippen LogP contribution >= 0.6 is 11.3 Å². The van der Waals surface area contributed by atoms with Gasteiger partial charge in [-0.2, -0.15) is 4.98 Å². The fourth-order valence-corrected chi connectivity index (χ4v) is 4.57. The van der Waals surface area contributed by atoms with E-state index in [-0.39, 0.29) is 0 Å². The van der Waals surface area contributed by atoms with E-state index < -0.39 is 0 Å². The summed E-state index contributed by atoms with van der Waals surface area (Å²) in [5, 5.41) is 1.26. The fraction of sp³-hybridized carbons (Fsp3) is 0.333. The maximum Gasteiger partial charge on any atom is 0.238 e. The van der Waals surface area contributed by atoms with E-state index in [2.05, 4.69) is 65.4 Å². The summed E-state index contributed by atoms with van der Waals surface area (Å²) in [5.41, 5.74) is 1.28. The number of nitrogens with one attached hydrogen (secondary N) is 2. The summed E-state index contributed by atoms with van der Waals surface area (Å²) in [5.74, 6) is 1.20. The van der Waals surface area contributed by atoms with Crippen LogP contribution < -0.4 is 9.80 Å². The summed E-state index contributed by atoms with van der Waals surface area (Å²) in [6.45, 7) is 7.95. The SMILES string of the molecule is CCc1cc2c([NH+]3CC[NH+](CC=Cc4ccccc4)CC3)ncnc2s1. The maximum atomic E-state index is 4.64.